The van der Waals surface area contributed by atoms with Gasteiger partial charge in [-0.2, -0.15) is 0 Å². The number of amides is 1. The van der Waals surface area contributed by atoms with Gasteiger partial charge in [0.15, 0.2) is 0 Å². The van der Waals surface area contributed by atoms with E-state index in [9.17, 15) is 14.7 Å². The van der Waals surface area contributed by atoms with E-state index in [4.69, 9.17) is 4.74 Å². The van der Waals surface area contributed by atoms with Crippen LogP contribution in [0.1, 0.15) is 37.7 Å². The number of hydrogen-bond donors (Lipinski definition) is 2. The molecule has 0 spiro atoms. The summed E-state index contributed by atoms with van der Waals surface area (Å²) < 4.78 is 4.83. The largest absolute Gasteiger partial charge is 0.508 e. The van der Waals surface area contributed by atoms with E-state index in [2.05, 4.69) is 11.4 Å². The van der Waals surface area contributed by atoms with Gasteiger partial charge in [-0.3, -0.25) is 4.79 Å². The lowest BCUT2D eigenvalue weighted by atomic mass is 9.96. The first-order valence-corrected chi connectivity index (χ1v) is 9.55. The van der Waals surface area contributed by atoms with Crippen molar-refractivity contribution in [2.75, 3.05) is 7.11 Å². The van der Waals surface area contributed by atoms with Gasteiger partial charge in [0.25, 0.3) is 0 Å². The second-order valence-electron chi connectivity index (χ2n) is 6.95. The second kappa shape index (κ2) is 9.22. The third-order valence-electron chi connectivity index (χ3n) is 4.96. The average Bonchev–Trinajstić information content (AvgIpc) is 2.73. The minimum atomic E-state index is -0.350. The highest BCUT2D eigenvalue weighted by atomic mass is 16.5. The minimum absolute atomic E-state index is 0.0895. The zero-order valence-corrected chi connectivity index (χ0v) is 16.0. The van der Waals surface area contributed by atoms with Crippen molar-refractivity contribution in [1.29, 1.82) is 0 Å². The lowest BCUT2D eigenvalue weighted by molar-refractivity contribution is -0.136. The first-order chi connectivity index (χ1) is 13.6. The molecule has 0 aromatic heterocycles. The van der Waals surface area contributed by atoms with E-state index in [1.54, 1.807) is 12.1 Å². The Morgan fingerprint density at radius 1 is 1.04 bits per heavy atom. The van der Waals surface area contributed by atoms with Gasteiger partial charge in [-0.05, 0) is 60.9 Å². The van der Waals surface area contributed by atoms with Gasteiger partial charge >= 0.3 is 5.97 Å². The lowest BCUT2D eigenvalue weighted by Crippen LogP contribution is -2.27. The summed E-state index contributed by atoms with van der Waals surface area (Å²) in [6.07, 6.45) is 4.21. The van der Waals surface area contributed by atoms with Crippen LogP contribution in [0.25, 0.3) is 11.1 Å². The number of rotatable bonds is 6. The summed E-state index contributed by atoms with van der Waals surface area (Å²) in [4.78, 5) is 24.3. The van der Waals surface area contributed by atoms with Gasteiger partial charge in [0.1, 0.15) is 5.75 Å². The summed E-state index contributed by atoms with van der Waals surface area (Å²) in [5, 5.41) is 12.3. The fraction of sp³-hybridized carbons (Fsp3) is 0.304. The molecule has 1 amide bonds. The number of carbonyl (C=O) groups is 2. The maximum absolute atomic E-state index is 12.4. The monoisotopic (exact) mass is 379 g/mol. The summed E-state index contributed by atoms with van der Waals surface area (Å²) in [7, 11) is 1.37. The number of aromatic hydroxyl groups is 1. The molecule has 0 fully saturated rings. The van der Waals surface area contributed by atoms with Crippen LogP contribution in [0.15, 0.2) is 59.8 Å². The molecule has 0 radical (unpaired) electrons. The summed E-state index contributed by atoms with van der Waals surface area (Å²) in [6.45, 7) is 0. The fourth-order valence-electron chi connectivity index (χ4n) is 3.44. The maximum Gasteiger partial charge on any atom is 0.335 e. The normalized spacial score (nSPS) is 13.9. The Hall–Kier alpha value is -3.08. The topological polar surface area (TPSA) is 75.6 Å². The van der Waals surface area contributed by atoms with Crippen LogP contribution >= 0.6 is 0 Å². The standard InChI is InChI=1S/C23H25NO4/c1-28-23(27)20-7-2-3-8-21(20)24-22(26)14-9-16-5-4-6-18(15-16)17-10-12-19(25)13-11-17/h4-6,10-13,15,25H,2-3,7-9,14H2,1H3,(H,24,26). The summed E-state index contributed by atoms with van der Waals surface area (Å²) in [5.41, 5.74) is 4.42. The minimum Gasteiger partial charge on any atom is -0.508 e. The zero-order valence-electron chi connectivity index (χ0n) is 16.0. The van der Waals surface area contributed by atoms with Gasteiger partial charge in [-0.15, -0.1) is 0 Å². The summed E-state index contributed by atoms with van der Waals surface area (Å²) in [5.74, 6) is -0.204. The van der Waals surface area contributed by atoms with Crippen LogP contribution in [0.5, 0.6) is 5.75 Å². The third-order valence-corrected chi connectivity index (χ3v) is 4.96. The molecular weight excluding hydrogens is 354 g/mol. The number of aryl methyl sites for hydroxylation is 1. The number of nitrogens with one attached hydrogen (secondary N) is 1. The van der Waals surface area contributed by atoms with Crippen molar-refractivity contribution in [2.24, 2.45) is 0 Å². The van der Waals surface area contributed by atoms with Crippen LogP contribution < -0.4 is 5.32 Å². The number of phenolic OH excluding ortho intramolecular Hbond substituents is 1. The Balaban J connectivity index is 1.63. The molecule has 0 bridgehead atoms. The van der Waals surface area contributed by atoms with Gasteiger partial charge in [0.05, 0.1) is 12.7 Å². The highest BCUT2D eigenvalue weighted by Crippen LogP contribution is 2.25. The zero-order chi connectivity index (χ0) is 19.9. The molecule has 0 aliphatic heterocycles. The molecule has 1 aliphatic rings. The number of benzene rings is 2. The molecule has 5 heteroatoms. The number of hydrogen-bond acceptors (Lipinski definition) is 4. The van der Waals surface area contributed by atoms with Crippen molar-refractivity contribution < 1.29 is 19.4 Å². The van der Waals surface area contributed by atoms with E-state index in [0.29, 0.717) is 37.0 Å². The van der Waals surface area contributed by atoms with Gasteiger partial charge in [0, 0.05) is 12.1 Å². The number of ether oxygens (including phenoxy) is 1. The first kappa shape index (κ1) is 19.7. The van der Waals surface area contributed by atoms with Gasteiger partial charge in [-0.25, -0.2) is 4.79 Å². The fourth-order valence-corrected chi connectivity index (χ4v) is 3.44. The number of allylic oxidation sites excluding steroid dienone is 1. The van der Waals surface area contributed by atoms with Crippen LogP contribution in [0.2, 0.25) is 0 Å². The van der Waals surface area contributed by atoms with Crippen LogP contribution in [-0.2, 0) is 20.7 Å². The van der Waals surface area contributed by atoms with E-state index in [0.717, 1.165) is 29.5 Å². The quantitative estimate of drug-likeness (QED) is 0.741. The van der Waals surface area contributed by atoms with Crippen LogP contribution in [0.3, 0.4) is 0 Å². The Morgan fingerprint density at radius 2 is 1.79 bits per heavy atom. The number of phenols is 1. The Morgan fingerprint density at radius 3 is 2.54 bits per heavy atom. The molecule has 5 nitrogen and oxygen atoms in total. The van der Waals surface area contributed by atoms with Crippen LogP contribution in [0, 0.1) is 0 Å². The third kappa shape index (κ3) is 5.00. The highest BCUT2D eigenvalue weighted by molar-refractivity contribution is 5.90. The van der Waals surface area contributed by atoms with E-state index in [-0.39, 0.29) is 17.6 Å². The molecule has 2 N–H and O–H groups in total. The molecule has 0 saturated carbocycles. The average molecular weight is 379 g/mol. The van der Waals surface area contributed by atoms with Crippen molar-refractivity contribution in [3.8, 4) is 16.9 Å². The van der Waals surface area contributed by atoms with Crippen LogP contribution in [-0.4, -0.2) is 24.1 Å². The molecule has 0 atom stereocenters. The Labute approximate surface area is 165 Å². The number of methoxy groups -OCH3 is 1. The predicted octanol–water partition coefficient (Wildman–Crippen LogP) is 4.11. The molecule has 0 heterocycles. The molecule has 2 aromatic carbocycles. The van der Waals surface area contributed by atoms with Gasteiger partial charge < -0.3 is 15.2 Å². The van der Waals surface area contributed by atoms with Gasteiger partial charge in [0.2, 0.25) is 5.91 Å². The van der Waals surface area contributed by atoms with Crippen molar-refractivity contribution in [1.82, 2.24) is 5.32 Å². The molecule has 1 aliphatic carbocycles. The van der Waals surface area contributed by atoms with Crippen molar-refractivity contribution in [2.45, 2.75) is 38.5 Å². The van der Waals surface area contributed by atoms with Crippen LogP contribution in [0.4, 0.5) is 0 Å². The number of esters is 1. The van der Waals surface area contributed by atoms with Crippen molar-refractivity contribution in [3.05, 3.63) is 65.4 Å². The van der Waals surface area contributed by atoms with Crippen molar-refractivity contribution in [3.63, 3.8) is 0 Å². The second-order valence-corrected chi connectivity index (χ2v) is 6.95. The molecule has 3 rings (SSSR count). The smallest absolute Gasteiger partial charge is 0.335 e. The summed E-state index contributed by atoms with van der Waals surface area (Å²) in [6, 6.07) is 15.1. The van der Waals surface area contributed by atoms with E-state index >= 15 is 0 Å². The maximum atomic E-state index is 12.4. The van der Waals surface area contributed by atoms with E-state index < -0.39 is 0 Å². The Kier molecular flexibility index (Phi) is 6.48. The predicted molar refractivity (Wildman–Crippen MR) is 108 cm³/mol. The van der Waals surface area contributed by atoms with E-state index in [1.807, 2.05) is 30.3 Å². The van der Waals surface area contributed by atoms with E-state index in [1.165, 1.54) is 7.11 Å². The molecule has 146 valence electrons. The summed E-state index contributed by atoms with van der Waals surface area (Å²) >= 11 is 0. The molecule has 2 aromatic rings. The van der Waals surface area contributed by atoms with Crippen molar-refractivity contribution >= 4 is 11.9 Å². The Bertz CT molecular complexity index is 884. The lowest BCUT2D eigenvalue weighted by Gasteiger charge is -2.19. The highest BCUT2D eigenvalue weighted by Gasteiger charge is 2.21. The SMILES string of the molecule is COC(=O)C1=C(NC(=O)CCc2cccc(-c3ccc(O)cc3)c2)CCCC1. The molecule has 28 heavy (non-hydrogen) atoms. The molecule has 0 saturated heterocycles. The number of carbonyl (C=O) groups excluding carboxylic acids is 2. The molecular formula is C23H25NO4. The first-order valence-electron chi connectivity index (χ1n) is 9.55. The molecule has 0 unspecified atom stereocenters. The van der Waals surface area contributed by atoms with Gasteiger partial charge in [-0.1, -0.05) is 36.4 Å².